The molecule has 2 atom stereocenters. The quantitative estimate of drug-likeness (QED) is 0.163. The van der Waals surface area contributed by atoms with E-state index in [4.69, 9.17) is 0 Å². The third-order valence-electron chi connectivity index (χ3n) is 22.5. The average Bonchev–Trinajstić information content (AvgIpc) is 1.50. The number of hydrogen-bond acceptors (Lipinski definition) is 5. The number of benzene rings is 8. The molecule has 16 rings (SSSR count). The largest absolute Gasteiger partial charge is 0.334 e. The van der Waals surface area contributed by atoms with E-state index in [1.807, 2.05) is 22.7 Å². The number of hydrogen-bond donors (Lipinski definition) is 0. The summed E-state index contributed by atoms with van der Waals surface area (Å²) in [5.41, 5.74) is 23.6. The van der Waals surface area contributed by atoms with Crippen molar-refractivity contribution in [1.29, 1.82) is 0 Å². The molecule has 6 heteroatoms. The molecule has 0 saturated heterocycles. The molecule has 0 radical (unpaired) electrons. The fourth-order valence-corrected chi connectivity index (χ4v) is 19.6. The minimum absolute atomic E-state index is 0.00785. The fraction of sp³-hybridized carbons (Fsp3) is 0.368. The van der Waals surface area contributed by atoms with Crippen molar-refractivity contribution >= 4 is 132 Å². The first-order valence-electron chi connectivity index (χ1n) is 30.9. The molecule has 82 heavy (non-hydrogen) atoms. The van der Waals surface area contributed by atoms with Gasteiger partial charge >= 0.3 is 0 Å². The smallest absolute Gasteiger partial charge is 0.254 e. The zero-order chi connectivity index (χ0) is 56.6. The van der Waals surface area contributed by atoms with E-state index >= 15 is 0 Å². The van der Waals surface area contributed by atoms with Crippen LogP contribution in [0.1, 0.15) is 175 Å². The molecule has 1 saturated carbocycles. The Balaban J connectivity index is 1.09. The fourth-order valence-electron chi connectivity index (χ4n) is 17.2. The van der Waals surface area contributed by atoms with Gasteiger partial charge in [-0.1, -0.05) is 169 Å². The molecule has 0 N–H and O–H groups in total. The highest BCUT2D eigenvalue weighted by Crippen LogP contribution is 2.63. The van der Waals surface area contributed by atoms with Crippen LogP contribution in [-0.2, 0) is 32.5 Å². The molecule has 8 aromatic carbocycles. The molecule has 412 valence electrons. The summed E-state index contributed by atoms with van der Waals surface area (Å²) in [6.45, 7) is 32.5. The monoisotopic (exact) mass is 1110 g/mol. The summed E-state index contributed by atoms with van der Waals surface area (Å²) in [6, 6.07) is 56.7. The van der Waals surface area contributed by atoms with Gasteiger partial charge in [-0.05, 0) is 194 Å². The van der Waals surface area contributed by atoms with Crippen LogP contribution in [0.25, 0.3) is 40.3 Å². The molecule has 0 amide bonds. The van der Waals surface area contributed by atoms with Gasteiger partial charge in [0, 0.05) is 80.2 Å². The molecule has 2 aromatic heterocycles. The minimum Gasteiger partial charge on any atom is -0.334 e. The van der Waals surface area contributed by atoms with Crippen molar-refractivity contribution in [3.63, 3.8) is 0 Å². The van der Waals surface area contributed by atoms with Crippen LogP contribution in [0.3, 0.4) is 0 Å². The van der Waals surface area contributed by atoms with E-state index < -0.39 is 0 Å². The van der Waals surface area contributed by atoms with Crippen LogP contribution in [0, 0.1) is 0 Å². The summed E-state index contributed by atoms with van der Waals surface area (Å²) in [5.74, 6) is 0. The summed E-state index contributed by atoms with van der Waals surface area (Å²) >= 11 is 3.93. The van der Waals surface area contributed by atoms with Gasteiger partial charge in [-0.25, -0.2) is 0 Å². The van der Waals surface area contributed by atoms with E-state index in [0.29, 0.717) is 0 Å². The molecule has 10 aromatic rings. The lowest BCUT2D eigenvalue weighted by Crippen LogP contribution is -2.62. The van der Waals surface area contributed by atoms with Crippen LogP contribution in [0.4, 0.5) is 45.5 Å². The summed E-state index contributed by atoms with van der Waals surface area (Å²) in [6.07, 6.45) is 9.46. The van der Waals surface area contributed by atoms with Crippen LogP contribution in [0.5, 0.6) is 0 Å². The predicted octanol–water partition coefficient (Wildman–Crippen LogP) is 20.2. The molecule has 0 bridgehead atoms. The Bertz CT molecular complexity index is 4430. The summed E-state index contributed by atoms with van der Waals surface area (Å²) in [4.78, 5) is 8.46. The van der Waals surface area contributed by atoms with E-state index in [-0.39, 0.29) is 44.7 Å². The van der Waals surface area contributed by atoms with E-state index in [9.17, 15) is 0 Å². The number of anilines is 8. The summed E-state index contributed by atoms with van der Waals surface area (Å²) < 4.78 is 5.41. The van der Waals surface area contributed by atoms with Gasteiger partial charge in [-0.15, -0.1) is 22.7 Å². The molecule has 0 spiro atoms. The lowest BCUT2D eigenvalue weighted by molar-refractivity contribution is 0.195. The Labute approximate surface area is 495 Å². The lowest BCUT2D eigenvalue weighted by atomic mass is 9.33. The summed E-state index contributed by atoms with van der Waals surface area (Å²) in [7, 11) is 0. The molecule has 6 aliphatic rings. The first-order valence-corrected chi connectivity index (χ1v) is 32.5. The lowest BCUT2D eigenvalue weighted by Gasteiger charge is -2.51. The van der Waals surface area contributed by atoms with E-state index in [0.717, 1.165) is 19.3 Å². The second kappa shape index (κ2) is 16.7. The Morgan fingerprint density at radius 2 is 1.02 bits per heavy atom. The van der Waals surface area contributed by atoms with Crippen LogP contribution < -0.4 is 31.1 Å². The molecule has 5 heterocycles. The number of rotatable bonds is 3. The van der Waals surface area contributed by atoms with Gasteiger partial charge in [-0.2, -0.15) is 0 Å². The van der Waals surface area contributed by atoms with Gasteiger partial charge in [0.25, 0.3) is 6.71 Å². The first kappa shape index (κ1) is 51.3. The maximum absolute atomic E-state index is 2.88. The van der Waals surface area contributed by atoms with Gasteiger partial charge in [-0.3, -0.25) is 0 Å². The third kappa shape index (κ3) is 6.83. The molecule has 3 aliphatic heterocycles. The Hall–Kier alpha value is -6.34. The number of nitrogens with zero attached hydrogens (tertiary/aromatic N) is 3. The van der Waals surface area contributed by atoms with Gasteiger partial charge in [0.2, 0.25) is 0 Å². The van der Waals surface area contributed by atoms with Crippen molar-refractivity contribution in [2.24, 2.45) is 0 Å². The van der Waals surface area contributed by atoms with Crippen molar-refractivity contribution in [2.75, 3.05) is 14.7 Å². The molecule has 2 unspecified atom stereocenters. The van der Waals surface area contributed by atoms with E-state index in [2.05, 4.69) is 244 Å². The van der Waals surface area contributed by atoms with E-state index in [1.54, 1.807) is 0 Å². The molecular formula is C76H78BN3S2. The average molecular weight is 1110 g/mol. The SMILES string of the molecule is CC(C)(C)c1ccc2c(c1)C1(C)CCCCC1(C)N2c1cc2c3c(c1)N(c1cccc4sc5ccccc5c14)c1ccc4c(sc5ccccc54)c1B3c1cc3c(cc1N2c1ccc2c(c1)C(C)(C)CCC2(C)C)C(C)(C)CCC3(C)C. The van der Waals surface area contributed by atoms with E-state index in [1.165, 1.54) is 168 Å². The summed E-state index contributed by atoms with van der Waals surface area (Å²) in [5, 5.41) is 5.37. The van der Waals surface area contributed by atoms with Crippen molar-refractivity contribution in [3.8, 4) is 0 Å². The predicted molar refractivity (Wildman–Crippen MR) is 358 cm³/mol. The Morgan fingerprint density at radius 3 is 1.74 bits per heavy atom. The number of thiophene rings is 2. The second-order valence-corrected chi connectivity index (χ2v) is 32.2. The molecule has 3 nitrogen and oxygen atoms in total. The second-order valence-electron chi connectivity index (χ2n) is 30.1. The van der Waals surface area contributed by atoms with Crippen molar-refractivity contribution in [1.82, 2.24) is 0 Å². The zero-order valence-electron chi connectivity index (χ0n) is 50.7. The molecule has 3 aliphatic carbocycles. The molecular weight excluding hydrogens is 1030 g/mol. The van der Waals surface area contributed by atoms with Gasteiger partial charge in [0.1, 0.15) is 0 Å². The standard InChI is InChI=1S/C76H78BN3S2/c1-70(2,3)45-27-31-57-55(39-45)75(12)33-18-19-34-76(75,13)80(57)47-41-61-67-62(42-47)79(58-23-20-26-65-66(58)50-22-15-17-25-64(50)81-65)59-32-29-49-48-21-14-16-24-63(48)82-69(49)68(59)77(67)56-43-53-54(74(10,11)38-37-73(53,8)9)44-60(56)78(61)46-28-30-51-52(40-46)72(6,7)36-35-71(51,4)5/h14-17,20-32,39-44H,18-19,33-38H2,1-13H3. The van der Waals surface area contributed by atoms with Crippen molar-refractivity contribution in [3.05, 3.63) is 173 Å². The van der Waals surface area contributed by atoms with Crippen molar-refractivity contribution < 1.29 is 0 Å². The minimum atomic E-state index is -0.165. The highest BCUT2D eigenvalue weighted by molar-refractivity contribution is 7.28. The van der Waals surface area contributed by atoms with Crippen LogP contribution >= 0.6 is 22.7 Å². The topological polar surface area (TPSA) is 9.72 Å². The zero-order valence-corrected chi connectivity index (χ0v) is 52.3. The Morgan fingerprint density at radius 1 is 0.415 bits per heavy atom. The normalized spacial score (nSPS) is 22.5. The van der Waals surface area contributed by atoms with Gasteiger partial charge < -0.3 is 14.7 Å². The van der Waals surface area contributed by atoms with Crippen LogP contribution in [0.15, 0.2) is 140 Å². The molecule has 1 fully saturated rings. The first-order chi connectivity index (χ1) is 39.0. The van der Waals surface area contributed by atoms with Gasteiger partial charge in [0.15, 0.2) is 0 Å². The number of fused-ring (bicyclic) bond motifs is 16. The van der Waals surface area contributed by atoms with Crippen molar-refractivity contribution in [2.45, 2.75) is 179 Å². The maximum Gasteiger partial charge on any atom is 0.254 e. The maximum atomic E-state index is 2.88. The van der Waals surface area contributed by atoms with Gasteiger partial charge in [0.05, 0.1) is 11.2 Å². The van der Waals surface area contributed by atoms with Crippen LogP contribution in [-0.4, -0.2) is 12.3 Å². The highest BCUT2D eigenvalue weighted by Gasteiger charge is 2.59. The van der Waals surface area contributed by atoms with Crippen LogP contribution in [0.2, 0.25) is 0 Å². The Kier molecular flexibility index (Phi) is 10.5. The highest BCUT2D eigenvalue weighted by atomic mass is 32.1. The third-order valence-corrected chi connectivity index (χ3v) is 24.8.